The summed E-state index contributed by atoms with van der Waals surface area (Å²) in [4.78, 5) is 37.1. The van der Waals surface area contributed by atoms with Crippen molar-refractivity contribution in [2.75, 3.05) is 6.54 Å². The van der Waals surface area contributed by atoms with Gasteiger partial charge in [0, 0.05) is 24.9 Å². The van der Waals surface area contributed by atoms with Gasteiger partial charge in [0.15, 0.2) is 11.5 Å². The van der Waals surface area contributed by atoms with Crippen molar-refractivity contribution in [3.63, 3.8) is 0 Å². The van der Waals surface area contributed by atoms with E-state index in [4.69, 9.17) is 4.42 Å². The van der Waals surface area contributed by atoms with Crippen molar-refractivity contribution in [1.82, 2.24) is 4.90 Å². The number of furan rings is 1. The van der Waals surface area contributed by atoms with Gasteiger partial charge in [-0.1, -0.05) is 0 Å². The number of likely N-dealkylation sites (tertiary alicyclic amines) is 1. The molecular formula is C15H17NO5. The van der Waals surface area contributed by atoms with Gasteiger partial charge in [-0.3, -0.25) is 9.59 Å². The minimum Gasteiger partial charge on any atom is -0.480 e. The normalized spacial score (nSPS) is 21.5. The fourth-order valence-corrected chi connectivity index (χ4v) is 3.25. The van der Waals surface area contributed by atoms with Crippen LogP contribution in [0, 0.1) is 6.92 Å². The molecule has 1 saturated heterocycles. The van der Waals surface area contributed by atoms with E-state index in [1.165, 1.54) is 4.90 Å². The molecule has 2 aliphatic rings. The summed E-state index contributed by atoms with van der Waals surface area (Å²) < 4.78 is 5.60. The third kappa shape index (κ3) is 2.14. The summed E-state index contributed by atoms with van der Waals surface area (Å²) >= 11 is 0. The molecule has 21 heavy (non-hydrogen) atoms. The minimum atomic E-state index is -0.995. The molecule has 1 fully saturated rings. The molecule has 1 atom stereocenters. The van der Waals surface area contributed by atoms with E-state index in [-0.39, 0.29) is 11.5 Å². The molecule has 0 bridgehead atoms. The molecule has 3 rings (SSSR count). The number of nitrogens with zero attached hydrogens (tertiary/aromatic N) is 1. The topological polar surface area (TPSA) is 87.8 Å². The van der Waals surface area contributed by atoms with Crippen LogP contribution in [-0.2, 0) is 11.2 Å². The number of hydrogen-bond donors (Lipinski definition) is 1. The first-order valence-electron chi connectivity index (χ1n) is 7.20. The van der Waals surface area contributed by atoms with Crippen molar-refractivity contribution in [2.45, 2.75) is 45.1 Å². The maximum Gasteiger partial charge on any atom is 0.326 e. The molecule has 112 valence electrons. The largest absolute Gasteiger partial charge is 0.480 e. The van der Waals surface area contributed by atoms with Gasteiger partial charge < -0.3 is 14.4 Å². The number of carboxylic acid groups (broad SMARTS) is 1. The first-order valence-corrected chi connectivity index (χ1v) is 7.20. The number of aliphatic carboxylic acids is 1. The van der Waals surface area contributed by atoms with Crippen LogP contribution < -0.4 is 0 Å². The zero-order valence-electron chi connectivity index (χ0n) is 11.8. The predicted molar refractivity (Wildman–Crippen MR) is 72.4 cm³/mol. The molecular weight excluding hydrogens is 274 g/mol. The van der Waals surface area contributed by atoms with Crippen LogP contribution in [-0.4, -0.2) is 40.3 Å². The van der Waals surface area contributed by atoms with E-state index in [0.717, 1.165) is 6.42 Å². The van der Waals surface area contributed by atoms with E-state index in [0.29, 0.717) is 49.1 Å². The van der Waals surface area contributed by atoms with Gasteiger partial charge in [0.25, 0.3) is 5.91 Å². The Morgan fingerprint density at radius 2 is 2.05 bits per heavy atom. The second-order valence-corrected chi connectivity index (χ2v) is 5.63. The van der Waals surface area contributed by atoms with Crippen LogP contribution in [0.25, 0.3) is 0 Å². The number of amides is 1. The summed E-state index contributed by atoms with van der Waals surface area (Å²) in [5.74, 6) is -0.708. The van der Waals surface area contributed by atoms with Crippen molar-refractivity contribution >= 4 is 17.7 Å². The van der Waals surface area contributed by atoms with E-state index in [2.05, 4.69) is 0 Å². The van der Waals surface area contributed by atoms with Gasteiger partial charge in [-0.05, 0) is 26.2 Å². The maximum absolute atomic E-state index is 12.6. The molecule has 1 aromatic rings. The zero-order valence-corrected chi connectivity index (χ0v) is 11.8. The molecule has 6 nitrogen and oxygen atoms in total. The Morgan fingerprint density at radius 3 is 2.71 bits per heavy atom. The number of ketones is 1. The van der Waals surface area contributed by atoms with Crippen LogP contribution in [0.5, 0.6) is 0 Å². The lowest BCUT2D eigenvalue weighted by Crippen LogP contribution is -2.40. The molecule has 0 radical (unpaired) electrons. The summed E-state index contributed by atoms with van der Waals surface area (Å²) in [5.41, 5.74) is 1.08. The van der Waals surface area contributed by atoms with Crippen molar-refractivity contribution in [2.24, 2.45) is 0 Å². The molecule has 0 aromatic carbocycles. The second kappa shape index (κ2) is 5.02. The number of hydrogen-bond acceptors (Lipinski definition) is 4. The van der Waals surface area contributed by atoms with Crippen LogP contribution in [0.2, 0.25) is 0 Å². The lowest BCUT2D eigenvalue weighted by atomic mass is 9.94. The number of fused-ring (bicyclic) bond motifs is 1. The zero-order chi connectivity index (χ0) is 15.1. The fourth-order valence-electron chi connectivity index (χ4n) is 3.25. The highest BCUT2D eigenvalue weighted by Crippen LogP contribution is 2.31. The van der Waals surface area contributed by atoms with E-state index in [1.807, 2.05) is 0 Å². The number of aryl methyl sites for hydroxylation is 1. The van der Waals surface area contributed by atoms with Crippen molar-refractivity contribution < 1.29 is 23.9 Å². The summed E-state index contributed by atoms with van der Waals surface area (Å²) in [7, 11) is 0. The average Bonchev–Trinajstić information content (AvgIpc) is 3.04. The smallest absolute Gasteiger partial charge is 0.326 e. The number of rotatable bonds is 2. The Morgan fingerprint density at radius 1 is 1.29 bits per heavy atom. The highest BCUT2D eigenvalue weighted by atomic mass is 16.4. The van der Waals surface area contributed by atoms with Crippen LogP contribution in [0.4, 0.5) is 0 Å². The first kappa shape index (κ1) is 13.9. The first-order chi connectivity index (χ1) is 10.0. The maximum atomic E-state index is 12.6. The Kier molecular flexibility index (Phi) is 3.31. The lowest BCUT2D eigenvalue weighted by molar-refractivity contribution is -0.141. The van der Waals surface area contributed by atoms with Gasteiger partial charge in [-0.25, -0.2) is 4.79 Å². The van der Waals surface area contributed by atoms with Crippen molar-refractivity contribution in [3.05, 3.63) is 22.6 Å². The summed E-state index contributed by atoms with van der Waals surface area (Å²) in [6.45, 7) is 2.11. The predicted octanol–water partition coefficient (Wildman–Crippen LogP) is 1.80. The fraction of sp³-hybridized carbons (Fsp3) is 0.533. The van der Waals surface area contributed by atoms with Crippen LogP contribution in [0.3, 0.4) is 0 Å². The molecule has 6 heteroatoms. The quantitative estimate of drug-likeness (QED) is 0.897. The molecule has 1 amide bonds. The Hall–Kier alpha value is -2.11. The van der Waals surface area contributed by atoms with E-state index < -0.39 is 17.9 Å². The van der Waals surface area contributed by atoms with E-state index in [9.17, 15) is 19.5 Å². The number of Topliss-reactive ketones (excluding diaryl/α,β-unsaturated/α-hetero) is 1. The van der Waals surface area contributed by atoms with Crippen molar-refractivity contribution in [1.29, 1.82) is 0 Å². The average molecular weight is 291 g/mol. The number of carbonyl (C=O) groups excluding carboxylic acids is 2. The van der Waals surface area contributed by atoms with E-state index in [1.54, 1.807) is 6.92 Å². The van der Waals surface area contributed by atoms with Crippen LogP contribution >= 0.6 is 0 Å². The Labute approximate surface area is 121 Å². The molecule has 0 saturated carbocycles. The van der Waals surface area contributed by atoms with Gasteiger partial charge in [-0.2, -0.15) is 0 Å². The van der Waals surface area contributed by atoms with Crippen molar-refractivity contribution in [3.8, 4) is 0 Å². The third-order valence-corrected chi connectivity index (χ3v) is 4.30. The van der Waals surface area contributed by atoms with Crippen LogP contribution in [0.1, 0.15) is 57.9 Å². The molecule has 1 aliphatic carbocycles. The number of carboxylic acids is 1. The molecule has 0 spiro atoms. The monoisotopic (exact) mass is 291 g/mol. The van der Waals surface area contributed by atoms with Gasteiger partial charge in [-0.15, -0.1) is 0 Å². The Balaban J connectivity index is 1.96. The van der Waals surface area contributed by atoms with Gasteiger partial charge in [0.05, 0.1) is 5.56 Å². The van der Waals surface area contributed by atoms with Gasteiger partial charge in [0.1, 0.15) is 11.8 Å². The summed E-state index contributed by atoms with van der Waals surface area (Å²) in [6.07, 6.45) is 2.98. The highest BCUT2D eigenvalue weighted by molar-refractivity contribution is 6.04. The summed E-state index contributed by atoms with van der Waals surface area (Å²) in [5, 5.41) is 9.17. The molecule has 1 aliphatic heterocycles. The standard InChI is InChI=1S/C15H17NO5/c1-8-12-10(17)5-2-6-11(12)21-13(8)14(18)16-7-3-4-9(16)15(19)20/h9H,2-7H2,1H3,(H,19,20)/t9-/m1/s1. The molecule has 0 unspecified atom stereocenters. The van der Waals surface area contributed by atoms with Gasteiger partial charge in [0.2, 0.25) is 0 Å². The summed E-state index contributed by atoms with van der Waals surface area (Å²) in [6, 6.07) is -0.797. The lowest BCUT2D eigenvalue weighted by Gasteiger charge is -2.20. The minimum absolute atomic E-state index is 0.00718. The Bertz CT molecular complexity index is 630. The number of carbonyl (C=O) groups is 3. The molecule has 1 aromatic heterocycles. The second-order valence-electron chi connectivity index (χ2n) is 5.63. The van der Waals surface area contributed by atoms with Gasteiger partial charge >= 0.3 is 5.97 Å². The SMILES string of the molecule is Cc1c(C(=O)N2CCC[C@@H]2C(=O)O)oc2c1C(=O)CCC2. The molecule has 2 heterocycles. The van der Waals surface area contributed by atoms with Crippen LogP contribution in [0.15, 0.2) is 4.42 Å². The molecule has 1 N–H and O–H groups in total. The third-order valence-electron chi connectivity index (χ3n) is 4.30. The van der Waals surface area contributed by atoms with E-state index >= 15 is 0 Å². The highest BCUT2D eigenvalue weighted by Gasteiger charge is 2.38.